The van der Waals surface area contributed by atoms with Gasteiger partial charge in [0.1, 0.15) is 0 Å². The van der Waals surface area contributed by atoms with E-state index in [1.165, 1.54) is 6.42 Å². The van der Waals surface area contributed by atoms with E-state index in [2.05, 4.69) is 13.2 Å². The van der Waals surface area contributed by atoms with Crippen LogP contribution in [-0.2, 0) is 0 Å². The summed E-state index contributed by atoms with van der Waals surface area (Å²) in [6.07, 6.45) is 1.23. The van der Waals surface area contributed by atoms with Crippen LogP contribution in [0.1, 0.15) is 6.42 Å². The summed E-state index contributed by atoms with van der Waals surface area (Å²) in [4.78, 5) is 0. The number of allylic oxidation sites excluding steroid dienone is 3. The second-order valence-electron chi connectivity index (χ2n) is 2.52. The lowest BCUT2D eigenvalue weighted by Gasteiger charge is -2.16. The molecule has 1 aliphatic rings. The molecular weight excluding hydrogens is 243 g/mol. The van der Waals surface area contributed by atoms with E-state index in [-0.39, 0.29) is 0 Å². The fraction of sp³-hybridized carbons (Fsp3) is 0.333. The van der Waals surface area contributed by atoms with E-state index >= 15 is 0 Å². The van der Waals surface area contributed by atoms with Crippen LogP contribution < -0.4 is 0 Å². The Hall–Kier alpha value is 0.500. The third kappa shape index (κ3) is 3.28. The van der Waals surface area contributed by atoms with Gasteiger partial charge in [0, 0.05) is 15.6 Å². The predicted molar refractivity (Wildman–Crippen MR) is 66.5 cm³/mol. The fourth-order valence-corrected chi connectivity index (χ4v) is 4.38. The molecular formula is C9H10Cl2S2. The Labute approximate surface area is 97.4 Å². The van der Waals surface area contributed by atoms with Crippen molar-refractivity contribution in [1.29, 1.82) is 0 Å². The SMILES string of the molecule is C=C(Cl)C(C(=C)Cl)=C1SCCCS1. The number of rotatable bonds is 2. The van der Waals surface area contributed by atoms with Crippen molar-refractivity contribution in [2.24, 2.45) is 0 Å². The quantitative estimate of drug-likeness (QED) is 0.706. The zero-order chi connectivity index (χ0) is 9.84. The molecule has 1 saturated heterocycles. The zero-order valence-corrected chi connectivity index (χ0v) is 10.3. The van der Waals surface area contributed by atoms with E-state index in [0.717, 1.165) is 21.3 Å². The van der Waals surface area contributed by atoms with Crippen molar-refractivity contribution in [3.63, 3.8) is 0 Å². The van der Waals surface area contributed by atoms with Gasteiger partial charge in [0.25, 0.3) is 0 Å². The Bertz CT molecular complexity index is 245. The molecule has 0 aliphatic carbocycles. The largest absolute Gasteiger partial charge is 0.119 e. The smallest absolute Gasteiger partial charge is 0.0503 e. The average molecular weight is 253 g/mol. The van der Waals surface area contributed by atoms with Crippen molar-refractivity contribution in [3.05, 3.63) is 33.0 Å². The van der Waals surface area contributed by atoms with Crippen LogP contribution in [0.15, 0.2) is 33.0 Å². The summed E-state index contributed by atoms with van der Waals surface area (Å²) < 4.78 is 1.16. The van der Waals surface area contributed by atoms with Gasteiger partial charge in [0.2, 0.25) is 0 Å². The van der Waals surface area contributed by atoms with Gasteiger partial charge >= 0.3 is 0 Å². The van der Waals surface area contributed by atoms with Crippen molar-refractivity contribution in [3.8, 4) is 0 Å². The highest BCUT2D eigenvalue weighted by Crippen LogP contribution is 2.42. The standard InChI is InChI=1S/C9H10Cl2S2/c1-6(10)8(7(2)11)9-12-4-3-5-13-9/h1-5H2. The van der Waals surface area contributed by atoms with Crippen molar-refractivity contribution in [2.75, 3.05) is 11.5 Å². The molecule has 0 aromatic carbocycles. The minimum atomic E-state index is 0.483. The Morgan fingerprint density at radius 1 is 1.08 bits per heavy atom. The molecule has 1 heterocycles. The molecule has 0 saturated carbocycles. The lowest BCUT2D eigenvalue weighted by Crippen LogP contribution is -1.96. The highest BCUT2D eigenvalue weighted by molar-refractivity contribution is 8.22. The first kappa shape index (κ1) is 11.6. The molecule has 0 radical (unpaired) electrons. The van der Waals surface area contributed by atoms with E-state index in [0.29, 0.717) is 10.1 Å². The summed E-state index contributed by atoms with van der Waals surface area (Å²) in [5.74, 6) is 2.25. The van der Waals surface area contributed by atoms with Crippen molar-refractivity contribution >= 4 is 46.7 Å². The Kier molecular flexibility index (Phi) is 4.81. The van der Waals surface area contributed by atoms with Crippen LogP contribution in [0.5, 0.6) is 0 Å². The van der Waals surface area contributed by atoms with Crippen LogP contribution in [0.2, 0.25) is 0 Å². The lowest BCUT2D eigenvalue weighted by atomic mass is 10.3. The van der Waals surface area contributed by atoms with E-state index in [1.807, 2.05) is 0 Å². The van der Waals surface area contributed by atoms with Crippen LogP contribution >= 0.6 is 46.7 Å². The molecule has 0 aromatic heterocycles. The summed E-state index contributed by atoms with van der Waals surface area (Å²) in [7, 11) is 0. The van der Waals surface area contributed by atoms with Crippen LogP contribution in [0.3, 0.4) is 0 Å². The van der Waals surface area contributed by atoms with E-state index in [4.69, 9.17) is 23.2 Å². The summed E-state index contributed by atoms with van der Waals surface area (Å²) in [6.45, 7) is 7.38. The minimum Gasteiger partial charge on any atom is -0.119 e. The van der Waals surface area contributed by atoms with Crippen LogP contribution in [0.25, 0.3) is 0 Å². The normalized spacial score (nSPS) is 16.9. The van der Waals surface area contributed by atoms with Crippen LogP contribution in [-0.4, -0.2) is 11.5 Å². The molecule has 0 atom stereocenters. The molecule has 1 fully saturated rings. The third-order valence-corrected chi connectivity index (χ3v) is 4.50. The highest BCUT2D eigenvalue weighted by atomic mass is 35.5. The molecule has 0 spiro atoms. The minimum absolute atomic E-state index is 0.483. The number of thioether (sulfide) groups is 2. The van der Waals surface area contributed by atoms with Gasteiger partial charge in [-0.3, -0.25) is 0 Å². The maximum atomic E-state index is 5.85. The second-order valence-corrected chi connectivity index (χ2v) is 5.90. The van der Waals surface area contributed by atoms with Crippen LogP contribution in [0, 0.1) is 0 Å². The molecule has 0 unspecified atom stereocenters. The van der Waals surface area contributed by atoms with Gasteiger partial charge in [-0.15, -0.1) is 23.5 Å². The predicted octanol–water partition coefficient (Wildman–Crippen LogP) is 4.57. The van der Waals surface area contributed by atoms with Crippen LogP contribution in [0.4, 0.5) is 0 Å². The monoisotopic (exact) mass is 252 g/mol. The Morgan fingerprint density at radius 2 is 1.54 bits per heavy atom. The fourth-order valence-electron chi connectivity index (χ4n) is 0.943. The highest BCUT2D eigenvalue weighted by Gasteiger charge is 2.15. The molecule has 72 valence electrons. The van der Waals surface area contributed by atoms with Gasteiger partial charge < -0.3 is 0 Å². The summed E-state index contributed by atoms with van der Waals surface area (Å²) >= 11 is 15.3. The molecule has 0 amide bonds. The van der Waals surface area contributed by atoms with Gasteiger partial charge in [0.15, 0.2) is 0 Å². The molecule has 0 bridgehead atoms. The van der Waals surface area contributed by atoms with Gasteiger partial charge in [-0.05, 0) is 17.9 Å². The molecule has 4 heteroatoms. The number of halogens is 2. The van der Waals surface area contributed by atoms with Gasteiger partial charge in [-0.25, -0.2) is 0 Å². The van der Waals surface area contributed by atoms with Gasteiger partial charge in [0.05, 0.1) is 4.24 Å². The van der Waals surface area contributed by atoms with Gasteiger partial charge in [-0.1, -0.05) is 36.4 Å². The summed E-state index contributed by atoms with van der Waals surface area (Å²) in [5, 5.41) is 0.966. The Balaban J connectivity index is 2.93. The molecule has 1 rings (SSSR count). The van der Waals surface area contributed by atoms with Crippen molar-refractivity contribution in [1.82, 2.24) is 0 Å². The average Bonchev–Trinajstić information content (AvgIpc) is 2.04. The first-order valence-corrected chi connectivity index (χ1v) is 6.55. The third-order valence-electron chi connectivity index (χ3n) is 1.50. The first-order valence-electron chi connectivity index (χ1n) is 3.82. The summed E-state index contributed by atoms with van der Waals surface area (Å²) in [6, 6.07) is 0. The Morgan fingerprint density at radius 3 is 1.92 bits per heavy atom. The first-order chi connectivity index (χ1) is 6.13. The topological polar surface area (TPSA) is 0 Å². The lowest BCUT2D eigenvalue weighted by molar-refractivity contribution is 1.12. The number of hydrogen-bond donors (Lipinski definition) is 0. The maximum Gasteiger partial charge on any atom is 0.0503 e. The van der Waals surface area contributed by atoms with Crippen molar-refractivity contribution in [2.45, 2.75) is 6.42 Å². The van der Waals surface area contributed by atoms with E-state index in [1.54, 1.807) is 23.5 Å². The summed E-state index contributed by atoms with van der Waals surface area (Å²) in [5.41, 5.74) is 0.818. The second kappa shape index (κ2) is 5.40. The molecule has 0 aromatic rings. The van der Waals surface area contributed by atoms with Crippen molar-refractivity contribution < 1.29 is 0 Å². The molecule has 0 nitrogen and oxygen atoms in total. The van der Waals surface area contributed by atoms with Gasteiger partial charge in [-0.2, -0.15) is 0 Å². The molecule has 1 aliphatic heterocycles. The maximum absolute atomic E-state index is 5.85. The molecule has 0 N–H and O–H groups in total. The number of hydrogen-bond acceptors (Lipinski definition) is 2. The zero-order valence-electron chi connectivity index (χ0n) is 7.11. The van der Waals surface area contributed by atoms with E-state index in [9.17, 15) is 0 Å². The van der Waals surface area contributed by atoms with E-state index < -0.39 is 0 Å². The molecule has 13 heavy (non-hydrogen) atoms.